The molecule has 0 saturated heterocycles. The van der Waals surface area contributed by atoms with Crippen molar-refractivity contribution in [2.24, 2.45) is 0 Å². The second-order valence-corrected chi connectivity index (χ2v) is 1.20. The van der Waals surface area contributed by atoms with Gasteiger partial charge in [0, 0.05) is 6.36 Å². The van der Waals surface area contributed by atoms with E-state index < -0.39 is 6.36 Å². The van der Waals surface area contributed by atoms with Gasteiger partial charge >= 0.3 is 29.6 Å². The molecule has 0 N–H and O–H groups in total. The van der Waals surface area contributed by atoms with Crippen LogP contribution in [0.1, 0.15) is 19.8 Å². The van der Waals surface area contributed by atoms with Crippen LogP contribution in [0.2, 0.25) is 0 Å². The summed E-state index contributed by atoms with van der Waals surface area (Å²) >= 11 is 0. The molecule has 0 aliphatic heterocycles. The fraction of sp³-hybridized carbons (Fsp3) is 1.00. The maximum Gasteiger partial charge on any atom is 1.00 e. The minimum atomic E-state index is -1.85. The second kappa shape index (κ2) is 6.89. The van der Waals surface area contributed by atoms with Crippen LogP contribution in [-0.2, 0) is 0 Å². The third-order valence-electron chi connectivity index (χ3n) is 0.516. The molecule has 0 amide bonds. The van der Waals surface area contributed by atoms with Crippen molar-refractivity contribution in [2.75, 3.05) is 0 Å². The quantitative estimate of drug-likeness (QED) is 0.362. The average molecular weight is 114 g/mol. The summed E-state index contributed by atoms with van der Waals surface area (Å²) in [5.41, 5.74) is 0. The van der Waals surface area contributed by atoms with Crippen LogP contribution in [0.4, 0.5) is 4.39 Å². The van der Waals surface area contributed by atoms with E-state index in [9.17, 15) is 9.50 Å². The Labute approximate surface area is 65.2 Å². The normalized spacial score (nSPS) is 12.4. The van der Waals surface area contributed by atoms with Crippen LogP contribution in [0.25, 0.3) is 0 Å². The summed E-state index contributed by atoms with van der Waals surface area (Å²) in [6, 6.07) is 0. The van der Waals surface area contributed by atoms with Gasteiger partial charge in [-0.15, -0.1) is 0 Å². The zero-order valence-corrected chi connectivity index (χ0v) is 6.78. The molecule has 1 nitrogen and oxygen atoms in total. The summed E-state index contributed by atoms with van der Waals surface area (Å²) in [5, 5.41) is 9.46. The predicted molar refractivity (Wildman–Crippen MR) is 19.8 cm³/mol. The maximum atomic E-state index is 11.1. The molecular formula is C4H8FNaO. The molecule has 0 aliphatic carbocycles. The molecular weight excluding hydrogens is 106 g/mol. The van der Waals surface area contributed by atoms with E-state index in [0.29, 0.717) is 6.42 Å². The van der Waals surface area contributed by atoms with E-state index in [1.807, 2.05) is 0 Å². The molecule has 0 saturated carbocycles. The average Bonchev–Trinajstić information content (AvgIpc) is 1.35. The van der Waals surface area contributed by atoms with E-state index >= 15 is 0 Å². The van der Waals surface area contributed by atoms with Crippen molar-refractivity contribution in [3.63, 3.8) is 0 Å². The third kappa shape index (κ3) is 10.9. The molecule has 0 bridgehead atoms. The Morgan fingerprint density at radius 1 is 1.71 bits per heavy atom. The second-order valence-electron chi connectivity index (χ2n) is 1.20. The van der Waals surface area contributed by atoms with E-state index in [-0.39, 0.29) is 36.0 Å². The molecule has 0 rings (SSSR count). The van der Waals surface area contributed by atoms with Gasteiger partial charge in [-0.25, -0.2) is 0 Å². The predicted octanol–water partition coefficient (Wildman–Crippen LogP) is -2.55. The van der Waals surface area contributed by atoms with Crippen LogP contribution in [0.15, 0.2) is 0 Å². The molecule has 0 spiro atoms. The summed E-state index contributed by atoms with van der Waals surface area (Å²) in [6.07, 6.45) is -1.06. The number of rotatable bonds is 2. The van der Waals surface area contributed by atoms with Crippen LogP contribution in [0, 0.1) is 0 Å². The van der Waals surface area contributed by atoms with Gasteiger partial charge in [0.05, 0.1) is 0 Å². The van der Waals surface area contributed by atoms with Crippen LogP contribution >= 0.6 is 0 Å². The minimum Gasteiger partial charge on any atom is -0.827 e. The van der Waals surface area contributed by atoms with Crippen molar-refractivity contribution in [1.29, 1.82) is 0 Å². The molecule has 0 fully saturated rings. The first-order chi connectivity index (χ1) is 2.77. The van der Waals surface area contributed by atoms with Gasteiger partial charge in [0.1, 0.15) is 0 Å². The standard InChI is InChI=1S/C4H8FO.Na/c1-2-3-4(5)6;/h4H,2-3H2,1H3;/q-1;+1. The van der Waals surface area contributed by atoms with Crippen LogP contribution in [-0.4, -0.2) is 6.36 Å². The number of hydrogen-bond donors (Lipinski definition) is 0. The van der Waals surface area contributed by atoms with Crippen molar-refractivity contribution in [1.82, 2.24) is 0 Å². The van der Waals surface area contributed by atoms with Crippen LogP contribution < -0.4 is 34.7 Å². The fourth-order valence-electron chi connectivity index (χ4n) is 0.227. The topological polar surface area (TPSA) is 23.1 Å². The van der Waals surface area contributed by atoms with Gasteiger partial charge in [-0.05, 0) is 6.42 Å². The van der Waals surface area contributed by atoms with Crippen molar-refractivity contribution in [3.05, 3.63) is 0 Å². The minimum absolute atomic E-state index is 0. The van der Waals surface area contributed by atoms with Gasteiger partial charge in [-0.1, -0.05) is 13.3 Å². The first-order valence-corrected chi connectivity index (χ1v) is 2.07. The van der Waals surface area contributed by atoms with Gasteiger partial charge in [0.25, 0.3) is 0 Å². The largest absolute Gasteiger partial charge is 1.00 e. The summed E-state index contributed by atoms with van der Waals surface area (Å²) in [5.74, 6) is 0. The van der Waals surface area contributed by atoms with Crippen molar-refractivity contribution < 1.29 is 39.1 Å². The third-order valence-corrected chi connectivity index (χ3v) is 0.516. The Kier molecular flexibility index (Phi) is 10.6. The van der Waals surface area contributed by atoms with E-state index in [2.05, 4.69) is 0 Å². The van der Waals surface area contributed by atoms with E-state index in [4.69, 9.17) is 0 Å². The summed E-state index contributed by atoms with van der Waals surface area (Å²) in [7, 11) is 0. The Morgan fingerprint density at radius 3 is 2.14 bits per heavy atom. The molecule has 0 heterocycles. The van der Waals surface area contributed by atoms with Gasteiger partial charge in [0.15, 0.2) is 0 Å². The van der Waals surface area contributed by atoms with Crippen LogP contribution in [0.3, 0.4) is 0 Å². The molecule has 0 aromatic carbocycles. The fourth-order valence-corrected chi connectivity index (χ4v) is 0.227. The molecule has 0 radical (unpaired) electrons. The zero-order chi connectivity index (χ0) is 4.99. The Hall–Kier alpha value is 0.890. The summed E-state index contributed by atoms with van der Waals surface area (Å²) in [6.45, 7) is 1.78. The first-order valence-electron chi connectivity index (χ1n) is 2.07. The summed E-state index contributed by atoms with van der Waals surface area (Å²) in [4.78, 5) is 0. The smallest absolute Gasteiger partial charge is 0.827 e. The number of halogens is 1. The molecule has 38 valence electrons. The van der Waals surface area contributed by atoms with Crippen LogP contribution in [0.5, 0.6) is 0 Å². The van der Waals surface area contributed by atoms with Crippen molar-refractivity contribution in [2.45, 2.75) is 26.1 Å². The van der Waals surface area contributed by atoms with E-state index in [1.54, 1.807) is 6.92 Å². The Bertz CT molecular complexity index is 32.9. The Balaban J connectivity index is 0. The zero-order valence-electron chi connectivity index (χ0n) is 4.78. The van der Waals surface area contributed by atoms with Crippen molar-refractivity contribution in [3.8, 4) is 0 Å². The molecule has 0 aromatic heterocycles. The summed E-state index contributed by atoms with van der Waals surface area (Å²) < 4.78 is 11.1. The van der Waals surface area contributed by atoms with Gasteiger partial charge in [0.2, 0.25) is 0 Å². The van der Waals surface area contributed by atoms with Crippen molar-refractivity contribution >= 4 is 0 Å². The molecule has 0 aliphatic rings. The van der Waals surface area contributed by atoms with Gasteiger partial charge in [-0.3, -0.25) is 4.39 Å². The molecule has 0 aromatic rings. The molecule has 3 heteroatoms. The molecule has 7 heavy (non-hydrogen) atoms. The van der Waals surface area contributed by atoms with E-state index in [1.165, 1.54) is 0 Å². The molecule has 1 atom stereocenters. The van der Waals surface area contributed by atoms with Gasteiger partial charge in [-0.2, -0.15) is 0 Å². The first kappa shape index (κ1) is 10.8. The number of alkyl halides is 1. The molecule has 1 unspecified atom stereocenters. The maximum absolute atomic E-state index is 11.1. The van der Waals surface area contributed by atoms with Gasteiger partial charge < -0.3 is 5.11 Å². The SMILES string of the molecule is CCCC([O-])F.[Na+]. The van der Waals surface area contributed by atoms with E-state index in [0.717, 1.165) is 0 Å². The number of hydrogen-bond acceptors (Lipinski definition) is 1. The Morgan fingerprint density at radius 2 is 2.14 bits per heavy atom. The monoisotopic (exact) mass is 114 g/mol.